The monoisotopic (exact) mass is 330 g/mol. The van der Waals surface area contributed by atoms with Gasteiger partial charge in [0.15, 0.2) is 0 Å². The molecule has 0 radical (unpaired) electrons. The first-order chi connectivity index (χ1) is 9.59. The van der Waals surface area contributed by atoms with Crippen LogP contribution in [0.4, 0.5) is 0 Å². The van der Waals surface area contributed by atoms with E-state index in [1.807, 2.05) is 33.8 Å². The van der Waals surface area contributed by atoms with E-state index in [0.29, 0.717) is 16.8 Å². The number of aryl methyl sites for hydroxylation is 1. The molecule has 120 valence electrons. The Morgan fingerprint density at radius 1 is 1.38 bits per heavy atom. The average Bonchev–Trinajstić information content (AvgIpc) is 3.08. The van der Waals surface area contributed by atoms with Crippen molar-refractivity contribution in [1.29, 1.82) is 0 Å². The van der Waals surface area contributed by atoms with Crippen LogP contribution in [0.1, 0.15) is 44.1 Å². The number of hydrogen-bond acceptors (Lipinski definition) is 4. The highest BCUT2D eigenvalue weighted by molar-refractivity contribution is 7.91. The van der Waals surface area contributed by atoms with Gasteiger partial charge in [0.2, 0.25) is 0 Å². The molecule has 0 atom stereocenters. The topological polar surface area (TPSA) is 49.4 Å². The summed E-state index contributed by atoms with van der Waals surface area (Å²) in [6.07, 6.45) is 2.48. The Hall–Kier alpha value is -0.430. The maximum atomic E-state index is 12.6. The van der Waals surface area contributed by atoms with Crippen molar-refractivity contribution >= 4 is 21.4 Å². The summed E-state index contributed by atoms with van der Waals surface area (Å²) in [7, 11) is -1.71. The van der Waals surface area contributed by atoms with E-state index in [2.05, 4.69) is 5.32 Å². The van der Waals surface area contributed by atoms with Gasteiger partial charge in [-0.05, 0) is 36.8 Å². The van der Waals surface area contributed by atoms with Crippen molar-refractivity contribution in [2.45, 2.75) is 57.3 Å². The second-order valence-corrected chi connectivity index (χ2v) is 10.6. The van der Waals surface area contributed by atoms with Gasteiger partial charge in [0.25, 0.3) is 10.0 Å². The van der Waals surface area contributed by atoms with Crippen LogP contribution in [0.25, 0.3) is 0 Å². The number of nitrogens with one attached hydrogen (secondary N) is 1. The molecule has 0 unspecified atom stereocenters. The molecule has 0 spiro atoms. The highest BCUT2D eigenvalue weighted by Gasteiger charge is 2.28. The Morgan fingerprint density at radius 3 is 2.52 bits per heavy atom. The minimum atomic E-state index is -3.37. The van der Waals surface area contributed by atoms with E-state index in [1.54, 1.807) is 7.05 Å². The van der Waals surface area contributed by atoms with Gasteiger partial charge in [-0.2, -0.15) is 4.31 Å². The van der Waals surface area contributed by atoms with Crippen molar-refractivity contribution in [2.24, 2.45) is 5.41 Å². The fourth-order valence-electron chi connectivity index (χ4n) is 2.22. The molecule has 2 rings (SSSR count). The summed E-state index contributed by atoms with van der Waals surface area (Å²) in [6.45, 7) is 9.42. The fourth-order valence-corrected chi connectivity index (χ4v) is 5.37. The van der Waals surface area contributed by atoms with Crippen LogP contribution < -0.4 is 5.32 Å². The van der Waals surface area contributed by atoms with Crippen molar-refractivity contribution in [3.63, 3.8) is 0 Å². The van der Waals surface area contributed by atoms with E-state index < -0.39 is 10.0 Å². The molecule has 1 aliphatic rings. The first kappa shape index (κ1) is 16.9. The van der Waals surface area contributed by atoms with E-state index in [1.165, 1.54) is 28.5 Å². The molecule has 21 heavy (non-hydrogen) atoms. The number of sulfonamides is 1. The Kier molecular flexibility index (Phi) is 4.83. The highest BCUT2D eigenvalue weighted by atomic mass is 32.2. The van der Waals surface area contributed by atoms with Gasteiger partial charge in [0.05, 0.1) is 0 Å². The van der Waals surface area contributed by atoms with E-state index in [9.17, 15) is 8.42 Å². The Labute approximate surface area is 132 Å². The van der Waals surface area contributed by atoms with Gasteiger partial charge in [-0.1, -0.05) is 20.8 Å². The minimum Gasteiger partial charge on any atom is -0.309 e. The van der Waals surface area contributed by atoms with Crippen molar-refractivity contribution < 1.29 is 8.42 Å². The first-order valence-corrected chi connectivity index (χ1v) is 9.64. The predicted octanol–water partition coefficient (Wildman–Crippen LogP) is 2.98. The first-order valence-electron chi connectivity index (χ1n) is 7.38. The lowest BCUT2D eigenvalue weighted by Gasteiger charge is -2.25. The summed E-state index contributed by atoms with van der Waals surface area (Å²) in [5.41, 5.74) is 1.01. The molecule has 1 aromatic rings. The second kappa shape index (κ2) is 5.99. The number of nitrogens with zero attached hydrogens (tertiary/aromatic N) is 1. The molecule has 0 aromatic carbocycles. The Morgan fingerprint density at radius 2 is 2.00 bits per heavy atom. The lowest BCUT2D eigenvalue weighted by molar-refractivity contribution is 0.311. The van der Waals surface area contributed by atoms with E-state index in [4.69, 9.17) is 0 Å². The third-order valence-corrected chi connectivity index (χ3v) is 6.98. The Balaban J connectivity index is 2.13. The zero-order chi connectivity index (χ0) is 15.8. The van der Waals surface area contributed by atoms with E-state index in [0.717, 1.165) is 17.0 Å². The standard InChI is InChI=1S/C15H26N2O2S2/c1-11-8-14(20-13(11)9-16-12-6-7-12)21(18,19)17(5)10-15(2,3)4/h8,12,16H,6-7,9-10H2,1-5H3. The molecule has 1 saturated carbocycles. The van der Waals surface area contributed by atoms with Crippen molar-refractivity contribution in [3.8, 4) is 0 Å². The number of thiophene rings is 1. The maximum absolute atomic E-state index is 12.6. The van der Waals surface area contributed by atoms with Gasteiger partial charge >= 0.3 is 0 Å². The summed E-state index contributed by atoms with van der Waals surface area (Å²) in [5.74, 6) is 0. The average molecular weight is 331 g/mol. The molecule has 1 aliphatic carbocycles. The van der Waals surface area contributed by atoms with Crippen molar-refractivity contribution in [2.75, 3.05) is 13.6 Å². The van der Waals surface area contributed by atoms with Crippen LogP contribution >= 0.6 is 11.3 Å². The lowest BCUT2D eigenvalue weighted by atomic mass is 9.97. The molecule has 1 heterocycles. The summed E-state index contributed by atoms with van der Waals surface area (Å²) in [4.78, 5) is 1.13. The van der Waals surface area contributed by atoms with E-state index in [-0.39, 0.29) is 5.41 Å². The summed E-state index contributed by atoms with van der Waals surface area (Å²) in [5, 5.41) is 3.45. The number of hydrogen-bond donors (Lipinski definition) is 1. The molecular formula is C15H26N2O2S2. The SMILES string of the molecule is Cc1cc(S(=O)(=O)N(C)CC(C)(C)C)sc1CNC1CC1. The molecule has 4 nitrogen and oxygen atoms in total. The van der Waals surface area contributed by atoms with Crippen LogP contribution in [0.3, 0.4) is 0 Å². The molecule has 0 amide bonds. The quantitative estimate of drug-likeness (QED) is 0.872. The smallest absolute Gasteiger partial charge is 0.252 e. The van der Waals surface area contributed by atoms with Crippen LogP contribution in [0, 0.1) is 12.3 Å². The van der Waals surface area contributed by atoms with Crippen molar-refractivity contribution in [3.05, 3.63) is 16.5 Å². The summed E-state index contributed by atoms with van der Waals surface area (Å²) < 4.78 is 27.2. The van der Waals surface area contributed by atoms with Gasteiger partial charge < -0.3 is 5.32 Å². The van der Waals surface area contributed by atoms with Crippen LogP contribution in [0.15, 0.2) is 10.3 Å². The van der Waals surface area contributed by atoms with Crippen molar-refractivity contribution in [1.82, 2.24) is 9.62 Å². The molecule has 1 aromatic heterocycles. The van der Waals surface area contributed by atoms with Crippen LogP contribution in [-0.2, 0) is 16.6 Å². The third kappa shape index (κ3) is 4.52. The van der Waals surface area contributed by atoms with Gasteiger partial charge in [-0.15, -0.1) is 11.3 Å². The largest absolute Gasteiger partial charge is 0.309 e. The fraction of sp³-hybridized carbons (Fsp3) is 0.733. The van der Waals surface area contributed by atoms with Crippen LogP contribution in [-0.4, -0.2) is 32.4 Å². The van der Waals surface area contributed by atoms with Crippen LogP contribution in [0.2, 0.25) is 0 Å². The molecule has 0 saturated heterocycles. The Bertz CT molecular complexity index is 596. The van der Waals surface area contributed by atoms with E-state index >= 15 is 0 Å². The van der Waals surface area contributed by atoms with Gasteiger partial charge in [-0.3, -0.25) is 0 Å². The summed E-state index contributed by atoms with van der Waals surface area (Å²) >= 11 is 1.40. The zero-order valence-corrected chi connectivity index (χ0v) is 15.2. The highest BCUT2D eigenvalue weighted by Crippen LogP contribution is 2.30. The zero-order valence-electron chi connectivity index (χ0n) is 13.6. The molecule has 1 fully saturated rings. The molecule has 6 heteroatoms. The maximum Gasteiger partial charge on any atom is 0.252 e. The molecule has 0 aliphatic heterocycles. The molecule has 1 N–H and O–H groups in total. The predicted molar refractivity (Wildman–Crippen MR) is 88.2 cm³/mol. The summed E-state index contributed by atoms with van der Waals surface area (Å²) in [6, 6.07) is 2.44. The van der Waals surface area contributed by atoms with Gasteiger partial charge in [0, 0.05) is 31.1 Å². The van der Waals surface area contributed by atoms with Gasteiger partial charge in [-0.25, -0.2) is 8.42 Å². The minimum absolute atomic E-state index is 0.0511. The molecular weight excluding hydrogens is 304 g/mol. The van der Waals surface area contributed by atoms with Crippen LogP contribution in [0.5, 0.6) is 0 Å². The van der Waals surface area contributed by atoms with Gasteiger partial charge in [0.1, 0.15) is 4.21 Å². The molecule has 0 bridgehead atoms. The normalized spacial score (nSPS) is 16.7. The second-order valence-electron chi connectivity index (χ2n) is 7.15. The third-order valence-electron chi connectivity index (χ3n) is 3.49. The lowest BCUT2D eigenvalue weighted by Crippen LogP contribution is -2.34. The number of rotatable bonds is 6.